The van der Waals surface area contributed by atoms with Gasteiger partial charge in [-0.15, -0.1) is 0 Å². The zero-order chi connectivity index (χ0) is 6.43. The van der Waals surface area contributed by atoms with Crippen molar-refractivity contribution in [1.82, 2.24) is 0 Å². The molecule has 0 saturated heterocycles. The molecule has 0 aromatic rings. The van der Waals surface area contributed by atoms with E-state index in [1.165, 1.54) is 0 Å². The Hall–Kier alpha value is -0.370. The van der Waals surface area contributed by atoms with Crippen LogP contribution in [0.15, 0.2) is 0 Å². The van der Waals surface area contributed by atoms with Gasteiger partial charge < -0.3 is 5.11 Å². The molecular formula is C7H10O2. The van der Waals surface area contributed by atoms with Crippen LogP contribution in [-0.4, -0.2) is 17.0 Å². The maximum atomic E-state index is 10.7. The van der Waals surface area contributed by atoms with Crippen LogP contribution in [0, 0.1) is 11.8 Å². The second-order valence-corrected chi connectivity index (χ2v) is 3.16. The van der Waals surface area contributed by atoms with E-state index in [9.17, 15) is 4.79 Å². The summed E-state index contributed by atoms with van der Waals surface area (Å²) >= 11 is 0. The molecule has 2 heteroatoms. The van der Waals surface area contributed by atoms with Crippen LogP contribution in [-0.2, 0) is 4.79 Å². The third kappa shape index (κ3) is 0.628. The largest absolute Gasteiger partial charge is 0.393 e. The molecule has 2 fully saturated rings. The first-order valence-electron chi connectivity index (χ1n) is 3.48. The van der Waals surface area contributed by atoms with E-state index in [0.717, 1.165) is 19.3 Å². The molecule has 0 unspecified atom stereocenters. The monoisotopic (exact) mass is 126 g/mol. The minimum absolute atomic E-state index is 0.175. The quantitative estimate of drug-likeness (QED) is 0.508. The van der Waals surface area contributed by atoms with Gasteiger partial charge in [0.05, 0.1) is 6.10 Å². The first-order valence-corrected chi connectivity index (χ1v) is 3.48. The van der Waals surface area contributed by atoms with Crippen LogP contribution in [0.5, 0.6) is 0 Å². The average Bonchev–Trinajstić information content (AvgIpc) is 2.08. The van der Waals surface area contributed by atoms with Gasteiger partial charge in [-0.2, -0.15) is 0 Å². The normalized spacial score (nSPS) is 48.6. The number of rotatable bonds is 0. The number of Topliss-reactive ketones (excluding diaryl/α,β-unsaturated/α-hetero) is 1. The molecule has 2 saturated carbocycles. The standard InChI is InChI=1S/C7H10O2/c8-5-1-4-2-7(9)6(4)3-5/h4-6,8H,1-3H2/t4-,5-,6-/m1/s1. The Morgan fingerprint density at radius 1 is 1.44 bits per heavy atom. The van der Waals surface area contributed by atoms with Crippen molar-refractivity contribution < 1.29 is 9.90 Å². The van der Waals surface area contributed by atoms with E-state index < -0.39 is 0 Å². The molecule has 2 aliphatic rings. The van der Waals surface area contributed by atoms with Gasteiger partial charge in [0.1, 0.15) is 5.78 Å². The van der Waals surface area contributed by atoms with Crippen molar-refractivity contribution in [3.63, 3.8) is 0 Å². The SMILES string of the molecule is O=C1C[C@H]2C[C@@H](O)C[C@@H]12. The lowest BCUT2D eigenvalue weighted by Crippen LogP contribution is -2.32. The van der Waals surface area contributed by atoms with Crippen molar-refractivity contribution >= 4 is 5.78 Å². The summed E-state index contributed by atoms with van der Waals surface area (Å²) < 4.78 is 0. The maximum absolute atomic E-state index is 10.7. The van der Waals surface area contributed by atoms with Gasteiger partial charge in [-0.3, -0.25) is 4.79 Å². The first kappa shape index (κ1) is 5.42. The first-order chi connectivity index (χ1) is 4.27. The fourth-order valence-electron chi connectivity index (χ4n) is 1.96. The molecule has 0 heterocycles. The van der Waals surface area contributed by atoms with Crippen molar-refractivity contribution in [3.8, 4) is 0 Å². The Morgan fingerprint density at radius 3 is 2.67 bits per heavy atom. The molecule has 0 amide bonds. The Kier molecular flexibility index (Phi) is 0.943. The summed E-state index contributed by atoms with van der Waals surface area (Å²) in [6.45, 7) is 0. The molecule has 0 aromatic heterocycles. The lowest BCUT2D eigenvalue weighted by Gasteiger charge is -2.27. The predicted molar refractivity (Wildman–Crippen MR) is 31.8 cm³/mol. The predicted octanol–water partition coefficient (Wildman–Crippen LogP) is 0.346. The highest BCUT2D eigenvalue weighted by molar-refractivity contribution is 5.87. The van der Waals surface area contributed by atoms with Gasteiger partial charge in [0.25, 0.3) is 0 Å². The van der Waals surface area contributed by atoms with E-state index >= 15 is 0 Å². The van der Waals surface area contributed by atoms with Gasteiger partial charge in [0, 0.05) is 12.3 Å². The molecule has 3 atom stereocenters. The highest BCUT2D eigenvalue weighted by Gasteiger charge is 2.46. The van der Waals surface area contributed by atoms with E-state index in [2.05, 4.69) is 0 Å². The molecule has 2 aliphatic carbocycles. The average molecular weight is 126 g/mol. The van der Waals surface area contributed by atoms with Gasteiger partial charge in [-0.1, -0.05) is 0 Å². The van der Waals surface area contributed by atoms with E-state index in [0.29, 0.717) is 11.7 Å². The number of aliphatic hydroxyl groups is 1. The number of aliphatic hydroxyl groups excluding tert-OH is 1. The number of hydrogen-bond donors (Lipinski definition) is 1. The molecule has 0 bridgehead atoms. The van der Waals surface area contributed by atoms with Crippen LogP contribution in [0.1, 0.15) is 19.3 Å². The number of carbonyl (C=O) groups is 1. The highest BCUT2D eigenvalue weighted by atomic mass is 16.3. The van der Waals surface area contributed by atoms with Crippen molar-refractivity contribution in [2.75, 3.05) is 0 Å². The third-order valence-electron chi connectivity index (χ3n) is 2.55. The van der Waals surface area contributed by atoms with Crippen molar-refractivity contribution in [2.24, 2.45) is 11.8 Å². The Balaban J connectivity index is 2.08. The zero-order valence-electron chi connectivity index (χ0n) is 5.21. The number of ketones is 1. The summed E-state index contributed by atoms with van der Waals surface area (Å²) in [4.78, 5) is 10.7. The minimum Gasteiger partial charge on any atom is -0.393 e. The Morgan fingerprint density at radius 2 is 2.22 bits per heavy atom. The van der Waals surface area contributed by atoms with Gasteiger partial charge in [0.15, 0.2) is 0 Å². The molecule has 2 rings (SSSR count). The van der Waals surface area contributed by atoms with E-state index in [-0.39, 0.29) is 12.0 Å². The molecular weight excluding hydrogens is 116 g/mol. The van der Waals surface area contributed by atoms with Crippen LogP contribution >= 0.6 is 0 Å². The summed E-state index contributed by atoms with van der Waals surface area (Å²) in [5, 5.41) is 9.08. The van der Waals surface area contributed by atoms with Crippen LogP contribution < -0.4 is 0 Å². The number of carbonyl (C=O) groups excluding carboxylic acids is 1. The number of hydrogen-bond acceptors (Lipinski definition) is 2. The summed E-state index contributed by atoms with van der Waals surface area (Å²) in [5.74, 6) is 1.17. The molecule has 0 radical (unpaired) electrons. The molecule has 0 spiro atoms. The van der Waals surface area contributed by atoms with Crippen LogP contribution in [0.25, 0.3) is 0 Å². The molecule has 9 heavy (non-hydrogen) atoms. The molecule has 1 N–H and O–H groups in total. The molecule has 50 valence electrons. The maximum Gasteiger partial charge on any atom is 0.136 e. The topological polar surface area (TPSA) is 37.3 Å². The van der Waals surface area contributed by atoms with E-state index in [1.54, 1.807) is 0 Å². The summed E-state index contributed by atoms with van der Waals surface area (Å²) in [5.41, 5.74) is 0. The van der Waals surface area contributed by atoms with Crippen molar-refractivity contribution in [3.05, 3.63) is 0 Å². The molecule has 0 aliphatic heterocycles. The highest BCUT2D eigenvalue weighted by Crippen LogP contribution is 2.43. The summed E-state index contributed by atoms with van der Waals surface area (Å²) in [6, 6.07) is 0. The molecule has 0 aromatic carbocycles. The van der Waals surface area contributed by atoms with Gasteiger partial charge in [-0.25, -0.2) is 0 Å². The fraction of sp³-hybridized carbons (Fsp3) is 0.857. The molecule has 2 nitrogen and oxygen atoms in total. The van der Waals surface area contributed by atoms with Crippen LogP contribution in [0.4, 0.5) is 0 Å². The summed E-state index contributed by atoms with van der Waals surface area (Å²) in [7, 11) is 0. The number of fused-ring (bicyclic) bond motifs is 1. The lowest BCUT2D eigenvalue weighted by molar-refractivity contribution is -0.132. The summed E-state index contributed by atoms with van der Waals surface area (Å²) in [6.07, 6.45) is 2.17. The third-order valence-corrected chi connectivity index (χ3v) is 2.55. The van der Waals surface area contributed by atoms with Gasteiger partial charge >= 0.3 is 0 Å². The van der Waals surface area contributed by atoms with Crippen molar-refractivity contribution in [2.45, 2.75) is 25.4 Å². The second-order valence-electron chi connectivity index (χ2n) is 3.16. The van der Waals surface area contributed by atoms with E-state index in [4.69, 9.17) is 5.11 Å². The zero-order valence-corrected chi connectivity index (χ0v) is 5.21. The Bertz CT molecular complexity index is 153. The lowest BCUT2D eigenvalue weighted by atomic mass is 9.75. The van der Waals surface area contributed by atoms with E-state index in [1.807, 2.05) is 0 Å². The fourth-order valence-corrected chi connectivity index (χ4v) is 1.96. The van der Waals surface area contributed by atoms with Crippen LogP contribution in [0.2, 0.25) is 0 Å². The van der Waals surface area contributed by atoms with Gasteiger partial charge in [0.2, 0.25) is 0 Å². The van der Waals surface area contributed by atoms with Crippen molar-refractivity contribution in [1.29, 1.82) is 0 Å². The minimum atomic E-state index is -0.175. The smallest absolute Gasteiger partial charge is 0.136 e. The van der Waals surface area contributed by atoms with Crippen LogP contribution in [0.3, 0.4) is 0 Å². The second kappa shape index (κ2) is 1.57. The van der Waals surface area contributed by atoms with Gasteiger partial charge in [-0.05, 0) is 18.8 Å². The Labute approximate surface area is 53.9 Å².